The number of ether oxygens (including phenoxy) is 1. The molecule has 3 aromatic rings. The molecule has 6 heteroatoms. The summed E-state index contributed by atoms with van der Waals surface area (Å²) < 4.78 is 11.5. The van der Waals surface area contributed by atoms with Gasteiger partial charge in [-0.05, 0) is 25.0 Å². The van der Waals surface area contributed by atoms with Crippen molar-refractivity contribution in [2.45, 2.75) is 12.8 Å². The van der Waals surface area contributed by atoms with E-state index in [1.54, 1.807) is 12.1 Å². The summed E-state index contributed by atoms with van der Waals surface area (Å²) in [7, 11) is 0. The van der Waals surface area contributed by atoms with Gasteiger partial charge in [0.1, 0.15) is 5.75 Å². The minimum Gasteiger partial charge on any atom is -0.439 e. The van der Waals surface area contributed by atoms with Gasteiger partial charge in [0.25, 0.3) is 0 Å². The molecule has 0 unspecified atom stereocenters. The molecule has 4 rings (SSSR count). The van der Waals surface area contributed by atoms with E-state index in [2.05, 4.69) is 19.0 Å². The van der Waals surface area contributed by atoms with Crippen LogP contribution in [0.2, 0.25) is 0 Å². The lowest BCUT2D eigenvalue weighted by molar-refractivity contribution is 0.463. The average Bonchev–Trinajstić information content (AvgIpc) is 3.21. The highest BCUT2D eigenvalue weighted by Crippen LogP contribution is 2.27. The summed E-state index contributed by atoms with van der Waals surface area (Å²) in [6, 6.07) is 21.6. The molecule has 132 valence electrons. The number of nitrogens with zero attached hydrogens (tertiary/aromatic N) is 3. The summed E-state index contributed by atoms with van der Waals surface area (Å²) in [5.41, 5.74) is 1.86. The molecular weight excluding hydrogens is 344 g/mol. The van der Waals surface area contributed by atoms with Gasteiger partial charge in [-0.15, -0.1) is 0 Å². The fraction of sp³-hybridized carbons (Fsp3) is 0.200. The third-order valence-corrected chi connectivity index (χ3v) is 4.97. The van der Waals surface area contributed by atoms with Gasteiger partial charge in [-0.1, -0.05) is 48.5 Å². The zero-order chi connectivity index (χ0) is 17.6. The minimum atomic E-state index is 0.523. The first kappa shape index (κ1) is 16.9. The molecule has 0 atom stereocenters. The zero-order valence-corrected chi connectivity index (χ0v) is 15.2. The topological polar surface area (TPSA) is 50.3 Å². The molecule has 0 bridgehead atoms. The first-order valence-electron chi connectivity index (χ1n) is 8.72. The Morgan fingerprint density at radius 3 is 2.31 bits per heavy atom. The number of hydrogen-bond donors (Lipinski definition) is 1. The maximum Gasteiger partial charge on any atom is 0.237 e. The molecule has 0 saturated carbocycles. The number of rotatable bonds is 6. The Bertz CT molecular complexity index is 839. The van der Waals surface area contributed by atoms with E-state index < -0.39 is 0 Å². The van der Waals surface area contributed by atoms with Gasteiger partial charge < -0.3 is 4.74 Å². The maximum atomic E-state index is 5.94. The number of aromatic nitrogens is 2. The number of anilines is 1. The lowest BCUT2D eigenvalue weighted by Gasteiger charge is -2.14. The van der Waals surface area contributed by atoms with E-state index in [0.717, 1.165) is 30.1 Å². The first-order chi connectivity index (χ1) is 12.9. The average molecular weight is 364 g/mol. The third kappa shape index (κ3) is 4.33. The van der Waals surface area contributed by atoms with E-state index in [1.165, 1.54) is 12.8 Å². The fourth-order valence-electron chi connectivity index (χ4n) is 2.77. The van der Waals surface area contributed by atoms with Crippen molar-refractivity contribution in [1.82, 2.24) is 14.3 Å². The molecular formula is C20H20N4OS. The Labute approximate surface area is 157 Å². The summed E-state index contributed by atoms with van der Waals surface area (Å²) in [5, 5.41) is 0. The Morgan fingerprint density at radius 1 is 0.885 bits per heavy atom. The number of nitrogens with one attached hydrogen (secondary N) is 1. The number of para-hydroxylation sites is 1. The molecule has 1 N–H and O–H groups in total. The van der Waals surface area contributed by atoms with Crippen molar-refractivity contribution in [2.24, 2.45) is 0 Å². The molecule has 1 saturated heterocycles. The molecule has 26 heavy (non-hydrogen) atoms. The molecule has 1 aromatic heterocycles. The smallest absolute Gasteiger partial charge is 0.237 e. The van der Waals surface area contributed by atoms with Crippen molar-refractivity contribution in [3.63, 3.8) is 0 Å². The standard InChI is InChI=1S/C20H20N4OS/c1-3-9-16(10-4-1)18-15-19(25-17-11-5-2-6-12-17)22-20(21-18)23-26-24-13-7-8-14-24/h1-6,9-12,15H,7-8,13-14H2,(H,21,22,23). The van der Waals surface area contributed by atoms with Crippen molar-refractivity contribution < 1.29 is 4.74 Å². The Morgan fingerprint density at radius 2 is 1.58 bits per heavy atom. The number of benzene rings is 2. The second-order valence-electron chi connectivity index (χ2n) is 6.03. The van der Waals surface area contributed by atoms with Crippen molar-refractivity contribution in [1.29, 1.82) is 0 Å². The summed E-state index contributed by atoms with van der Waals surface area (Å²) >= 11 is 1.56. The van der Waals surface area contributed by atoms with Crippen LogP contribution >= 0.6 is 12.1 Å². The number of hydrogen-bond acceptors (Lipinski definition) is 6. The SMILES string of the molecule is c1ccc(Oc2cc(-c3ccccc3)nc(NSN3CCCC3)n2)cc1. The first-order valence-corrected chi connectivity index (χ1v) is 9.49. The van der Waals surface area contributed by atoms with Gasteiger partial charge in [-0.2, -0.15) is 4.98 Å². The van der Waals surface area contributed by atoms with Crippen molar-refractivity contribution in [2.75, 3.05) is 17.8 Å². The molecule has 1 aliphatic rings. The lowest BCUT2D eigenvalue weighted by Crippen LogP contribution is -2.13. The molecule has 1 fully saturated rings. The van der Waals surface area contributed by atoms with Crippen LogP contribution in [0, 0.1) is 0 Å². The van der Waals surface area contributed by atoms with E-state index in [4.69, 9.17) is 4.74 Å². The molecule has 2 heterocycles. The van der Waals surface area contributed by atoms with Crippen LogP contribution in [0.15, 0.2) is 66.7 Å². The predicted octanol–water partition coefficient (Wildman–Crippen LogP) is 5.01. The van der Waals surface area contributed by atoms with Gasteiger partial charge in [-0.25, -0.2) is 9.29 Å². The van der Waals surface area contributed by atoms with Crippen molar-refractivity contribution >= 4 is 18.1 Å². The van der Waals surface area contributed by atoms with Gasteiger partial charge in [0.15, 0.2) is 0 Å². The van der Waals surface area contributed by atoms with Crippen LogP contribution in [0.1, 0.15) is 12.8 Å². The van der Waals surface area contributed by atoms with Gasteiger partial charge in [-0.3, -0.25) is 4.72 Å². The Balaban J connectivity index is 1.60. The molecule has 5 nitrogen and oxygen atoms in total. The normalized spacial score (nSPS) is 14.3. The van der Waals surface area contributed by atoms with Crippen LogP contribution < -0.4 is 9.46 Å². The van der Waals surface area contributed by atoms with Gasteiger partial charge in [0.05, 0.1) is 5.69 Å². The summed E-state index contributed by atoms with van der Waals surface area (Å²) in [6.45, 7) is 2.17. The van der Waals surface area contributed by atoms with Gasteiger partial charge in [0, 0.05) is 36.9 Å². The van der Waals surface area contributed by atoms with Crippen molar-refractivity contribution in [3.8, 4) is 22.9 Å². The predicted molar refractivity (Wildman–Crippen MR) is 106 cm³/mol. The van der Waals surface area contributed by atoms with Crippen LogP contribution in [0.5, 0.6) is 11.6 Å². The molecule has 1 aliphatic heterocycles. The Hall–Kier alpha value is -2.57. The van der Waals surface area contributed by atoms with Crippen LogP contribution in [0.3, 0.4) is 0 Å². The zero-order valence-electron chi connectivity index (χ0n) is 14.3. The van der Waals surface area contributed by atoms with Crippen LogP contribution in [0.25, 0.3) is 11.3 Å². The highest BCUT2D eigenvalue weighted by molar-refractivity contribution is 7.98. The van der Waals surface area contributed by atoms with E-state index >= 15 is 0 Å². The van der Waals surface area contributed by atoms with Gasteiger partial charge in [0.2, 0.25) is 11.8 Å². The molecule has 0 amide bonds. The highest BCUT2D eigenvalue weighted by atomic mass is 32.2. The summed E-state index contributed by atoms with van der Waals surface area (Å²) in [5.74, 6) is 1.83. The third-order valence-electron chi connectivity index (χ3n) is 4.07. The van der Waals surface area contributed by atoms with E-state index in [9.17, 15) is 0 Å². The molecule has 0 spiro atoms. The molecule has 2 aromatic carbocycles. The van der Waals surface area contributed by atoms with E-state index in [0.29, 0.717) is 11.8 Å². The summed E-state index contributed by atoms with van der Waals surface area (Å²) in [6.07, 6.45) is 2.48. The second-order valence-corrected chi connectivity index (χ2v) is 6.93. The molecule has 0 aliphatic carbocycles. The van der Waals surface area contributed by atoms with Crippen LogP contribution in [0.4, 0.5) is 5.95 Å². The molecule has 0 radical (unpaired) electrons. The van der Waals surface area contributed by atoms with Crippen LogP contribution in [-0.4, -0.2) is 27.4 Å². The lowest BCUT2D eigenvalue weighted by atomic mass is 10.1. The van der Waals surface area contributed by atoms with Crippen molar-refractivity contribution in [3.05, 3.63) is 66.7 Å². The Kier molecular flexibility index (Phi) is 5.33. The maximum absolute atomic E-state index is 5.94. The van der Waals surface area contributed by atoms with E-state index in [-0.39, 0.29) is 0 Å². The second kappa shape index (κ2) is 8.21. The quantitative estimate of drug-likeness (QED) is 0.621. The highest BCUT2D eigenvalue weighted by Gasteiger charge is 2.14. The van der Waals surface area contributed by atoms with Gasteiger partial charge >= 0.3 is 0 Å². The summed E-state index contributed by atoms with van der Waals surface area (Å²) in [4.78, 5) is 9.18. The monoisotopic (exact) mass is 364 g/mol. The fourth-order valence-corrected chi connectivity index (χ4v) is 3.52. The minimum absolute atomic E-state index is 0.523. The largest absolute Gasteiger partial charge is 0.439 e. The van der Waals surface area contributed by atoms with E-state index in [1.807, 2.05) is 66.7 Å². The van der Waals surface area contributed by atoms with Crippen LogP contribution in [-0.2, 0) is 0 Å².